The van der Waals surface area contributed by atoms with Crippen LogP contribution in [0.25, 0.3) is 10.2 Å². The van der Waals surface area contributed by atoms with Crippen molar-refractivity contribution in [2.45, 2.75) is 37.2 Å². The lowest BCUT2D eigenvalue weighted by atomic mass is 10.2. The number of thiazole rings is 1. The summed E-state index contributed by atoms with van der Waals surface area (Å²) in [6, 6.07) is 10.9. The van der Waals surface area contributed by atoms with Crippen LogP contribution >= 0.6 is 11.3 Å². The molecule has 10 heteroatoms. The van der Waals surface area contributed by atoms with Crippen LogP contribution in [0.4, 0.5) is 0 Å². The summed E-state index contributed by atoms with van der Waals surface area (Å²) in [5.41, 5.74) is 0.840. The Morgan fingerprint density at radius 2 is 1.97 bits per heavy atom. The van der Waals surface area contributed by atoms with Gasteiger partial charge in [0.15, 0.2) is 4.80 Å². The van der Waals surface area contributed by atoms with Crippen LogP contribution in [0.3, 0.4) is 0 Å². The van der Waals surface area contributed by atoms with Gasteiger partial charge in [-0.2, -0.15) is 9.30 Å². The Balaban J connectivity index is 1.69. The summed E-state index contributed by atoms with van der Waals surface area (Å²) in [5.74, 6) is 3.37. The van der Waals surface area contributed by atoms with Gasteiger partial charge in [-0.25, -0.2) is 8.42 Å². The fourth-order valence-electron chi connectivity index (χ4n) is 3.97. The minimum atomic E-state index is -3.86. The number of benzene rings is 2. The normalized spacial score (nSPS) is 17.1. The maximum atomic E-state index is 13.3. The Labute approximate surface area is 202 Å². The molecule has 8 nitrogen and oxygen atoms in total. The molecule has 1 aliphatic rings. The van der Waals surface area contributed by atoms with Crippen LogP contribution in [0.2, 0.25) is 0 Å². The predicted molar refractivity (Wildman–Crippen MR) is 130 cm³/mol. The monoisotopic (exact) mass is 499 g/mol. The second kappa shape index (κ2) is 10.0. The van der Waals surface area contributed by atoms with Crippen molar-refractivity contribution < 1.29 is 22.7 Å². The number of sulfonamides is 1. The number of hydrogen-bond acceptors (Lipinski definition) is 6. The third-order valence-electron chi connectivity index (χ3n) is 5.58. The number of carbonyl (C=O) groups excluding carboxylic acids is 1. The van der Waals surface area contributed by atoms with E-state index in [1.165, 1.54) is 34.9 Å². The van der Waals surface area contributed by atoms with Gasteiger partial charge < -0.3 is 14.0 Å². The molecule has 1 saturated heterocycles. The fourth-order valence-corrected chi connectivity index (χ4v) is 6.68. The first kappa shape index (κ1) is 24.0. The highest BCUT2D eigenvalue weighted by molar-refractivity contribution is 7.89. The molecule has 3 aromatic rings. The Hall–Kier alpha value is -3.13. The van der Waals surface area contributed by atoms with Gasteiger partial charge in [-0.1, -0.05) is 17.3 Å². The lowest BCUT2D eigenvalue weighted by Gasteiger charge is -2.21. The fraction of sp³-hybridized carbons (Fsp3) is 0.333. The highest BCUT2D eigenvalue weighted by Gasteiger charge is 2.39. The Morgan fingerprint density at radius 1 is 1.24 bits per heavy atom. The Kier molecular flexibility index (Phi) is 7.07. The van der Waals surface area contributed by atoms with E-state index in [-0.39, 0.29) is 18.0 Å². The molecule has 0 radical (unpaired) electrons. The maximum absolute atomic E-state index is 13.3. The van der Waals surface area contributed by atoms with E-state index in [0.717, 1.165) is 16.0 Å². The van der Waals surface area contributed by atoms with Crippen LogP contribution in [0.5, 0.6) is 11.5 Å². The van der Waals surface area contributed by atoms with Crippen LogP contribution < -0.4 is 14.3 Å². The molecule has 1 fully saturated rings. The summed E-state index contributed by atoms with van der Waals surface area (Å²) in [5, 5.41) is 0. The van der Waals surface area contributed by atoms with Crippen LogP contribution in [-0.2, 0) is 21.4 Å². The molecule has 0 aliphatic carbocycles. The number of fused-ring (bicyclic) bond motifs is 1. The lowest BCUT2D eigenvalue weighted by Crippen LogP contribution is -2.40. The van der Waals surface area contributed by atoms with E-state index in [2.05, 4.69) is 10.9 Å². The molecule has 1 aliphatic heterocycles. The lowest BCUT2D eigenvalue weighted by molar-refractivity contribution is -0.121. The van der Waals surface area contributed by atoms with Gasteiger partial charge in [-0.3, -0.25) is 4.79 Å². The van der Waals surface area contributed by atoms with Crippen molar-refractivity contribution in [3.63, 3.8) is 0 Å². The number of carbonyl (C=O) groups is 1. The third-order valence-corrected chi connectivity index (χ3v) is 8.54. The van der Waals surface area contributed by atoms with Crippen molar-refractivity contribution in [1.29, 1.82) is 0 Å². The number of methoxy groups -OCH3 is 1. The van der Waals surface area contributed by atoms with Gasteiger partial charge in [0, 0.05) is 6.54 Å². The molecule has 1 atom stereocenters. The van der Waals surface area contributed by atoms with E-state index in [1.54, 1.807) is 16.7 Å². The van der Waals surface area contributed by atoms with E-state index < -0.39 is 22.0 Å². The van der Waals surface area contributed by atoms with Crippen LogP contribution in [-0.4, -0.2) is 49.5 Å². The van der Waals surface area contributed by atoms with Crippen molar-refractivity contribution in [3.8, 4) is 23.8 Å². The second-order valence-electron chi connectivity index (χ2n) is 7.64. The summed E-state index contributed by atoms with van der Waals surface area (Å²) < 4.78 is 41.1. The number of rotatable bonds is 7. The molecular formula is C24H25N3O5S2. The molecule has 1 amide bonds. The number of ether oxygens (including phenoxy) is 2. The zero-order valence-corrected chi connectivity index (χ0v) is 20.6. The summed E-state index contributed by atoms with van der Waals surface area (Å²) >= 11 is 1.32. The quantitative estimate of drug-likeness (QED) is 0.466. The van der Waals surface area contributed by atoms with Gasteiger partial charge >= 0.3 is 0 Å². The molecule has 0 spiro atoms. The van der Waals surface area contributed by atoms with Crippen LogP contribution in [0.15, 0.2) is 52.4 Å². The molecule has 4 rings (SSSR count). The number of aromatic nitrogens is 1. The van der Waals surface area contributed by atoms with E-state index in [0.29, 0.717) is 30.0 Å². The molecular weight excluding hydrogens is 474 g/mol. The highest BCUT2D eigenvalue weighted by atomic mass is 32.2. The second-order valence-corrected chi connectivity index (χ2v) is 10.5. The van der Waals surface area contributed by atoms with Gasteiger partial charge in [0.2, 0.25) is 10.0 Å². The SMILES string of the molecule is C#CCn1c(=NC(=O)C2CCCN2S(=O)(=O)c2ccc(OC)cc2)sc2cc(OCC)ccc21. The zero-order valence-electron chi connectivity index (χ0n) is 18.9. The molecule has 0 saturated carbocycles. The predicted octanol–water partition coefficient (Wildman–Crippen LogP) is 3.02. The van der Waals surface area contributed by atoms with Gasteiger partial charge in [0.25, 0.3) is 5.91 Å². The standard InChI is InChI=1S/C24H25N3O5S2/c1-4-14-26-20-13-10-18(32-5-2)16-22(20)33-24(26)25-23(28)21-7-6-15-27(21)34(29,30)19-11-8-17(31-3)9-12-19/h1,8-13,16,21H,5-7,14-15H2,2-3H3. The first-order valence-corrected chi connectivity index (χ1v) is 13.1. The van der Waals surface area contributed by atoms with Crippen molar-refractivity contribution in [1.82, 2.24) is 8.87 Å². The van der Waals surface area contributed by atoms with Crippen molar-refractivity contribution in [2.75, 3.05) is 20.3 Å². The molecule has 0 bridgehead atoms. The number of terminal acetylenes is 1. The summed E-state index contributed by atoms with van der Waals surface area (Å²) in [4.78, 5) is 18.1. The van der Waals surface area contributed by atoms with Gasteiger partial charge in [0.1, 0.15) is 17.5 Å². The van der Waals surface area contributed by atoms with Crippen molar-refractivity contribution in [3.05, 3.63) is 47.3 Å². The first-order valence-electron chi connectivity index (χ1n) is 10.8. The molecule has 2 heterocycles. The Bertz CT molecular complexity index is 1420. The van der Waals surface area contributed by atoms with E-state index in [4.69, 9.17) is 15.9 Å². The molecule has 34 heavy (non-hydrogen) atoms. The molecule has 2 aromatic carbocycles. The summed E-state index contributed by atoms with van der Waals surface area (Å²) in [6.45, 7) is 2.94. The average molecular weight is 500 g/mol. The van der Waals surface area contributed by atoms with Gasteiger partial charge in [0.05, 0.1) is 35.4 Å². The third kappa shape index (κ3) is 4.59. The molecule has 0 N–H and O–H groups in total. The maximum Gasteiger partial charge on any atom is 0.266 e. The van der Waals surface area contributed by atoms with Gasteiger partial charge in [-0.15, -0.1) is 6.42 Å². The van der Waals surface area contributed by atoms with E-state index in [9.17, 15) is 13.2 Å². The van der Waals surface area contributed by atoms with E-state index >= 15 is 0 Å². The minimum Gasteiger partial charge on any atom is -0.497 e. The zero-order chi connectivity index (χ0) is 24.3. The number of hydrogen-bond donors (Lipinski definition) is 0. The summed E-state index contributed by atoms with van der Waals surface area (Å²) in [7, 11) is -2.35. The van der Waals surface area contributed by atoms with E-state index in [1.807, 2.05) is 25.1 Å². The average Bonchev–Trinajstić information content (AvgIpc) is 3.45. The summed E-state index contributed by atoms with van der Waals surface area (Å²) in [6.07, 6.45) is 6.55. The van der Waals surface area contributed by atoms with Crippen molar-refractivity contribution in [2.24, 2.45) is 4.99 Å². The largest absolute Gasteiger partial charge is 0.497 e. The minimum absolute atomic E-state index is 0.112. The smallest absolute Gasteiger partial charge is 0.266 e. The topological polar surface area (TPSA) is 90.2 Å². The number of nitrogens with zero attached hydrogens (tertiary/aromatic N) is 3. The first-order chi connectivity index (χ1) is 16.4. The Morgan fingerprint density at radius 3 is 2.65 bits per heavy atom. The molecule has 178 valence electrons. The number of amides is 1. The highest BCUT2D eigenvalue weighted by Crippen LogP contribution is 2.28. The van der Waals surface area contributed by atoms with Crippen molar-refractivity contribution >= 4 is 37.5 Å². The van der Waals surface area contributed by atoms with Crippen LogP contribution in [0.1, 0.15) is 19.8 Å². The molecule has 1 aromatic heterocycles. The van der Waals surface area contributed by atoms with Gasteiger partial charge in [-0.05, 0) is 62.2 Å². The van der Waals surface area contributed by atoms with Crippen LogP contribution in [0, 0.1) is 12.3 Å². The molecule has 1 unspecified atom stereocenters.